The van der Waals surface area contributed by atoms with E-state index in [2.05, 4.69) is 22.6 Å². The van der Waals surface area contributed by atoms with Gasteiger partial charge in [0.2, 0.25) is 0 Å². The van der Waals surface area contributed by atoms with Crippen LogP contribution in [-0.2, 0) is 15.9 Å². The van der Waals surface area contributed by atoms with Gasteiger partial charge in [0, 0.05) is 56.7 Å². The fourth-order valence-electron chi connectivity index (χ4n) is 2.77. The lowest BCUT2D eigenvalue weighted by Gasteiger charge is -2.42. The molecule has 1 aromatic rings. The fraction of sp³-hybridized carbons (Fsp3) is 0.786. The van der Waals surface area contributed by atoms with E-state index in [1.54, 1.807) is 11.3 Å². The summed E-state index contributed by atoms with van der Waals surface area (Å²) in [5.41, 5.74) is 0.988. The highest BCUT2D eigenvalue weighted by Crippen LogP contribution is 2.30. The van der Waals surface area contributed by atoms with E-state index in [0.717, 1.165) is 44.7 Å². The molecule has 5 heteroatoms. The van der Waals surface area contributed by atoms with Crippen LogP contribution in [-0.4, -0.2) is 43.5 Å². The van der Waals surface area contributed by atoms with Crippen molar-refractivity contribution in [3.05, 3.63) is 16.1 Å². The predicted molar refractivity (Wildman–Crippen MR) is 77.8 cm³/mol. The highest BCUT2D eigenvalue weighted by atomic mass is 32.1. The highest BCUT2D eigenvalue weighted by molar-refractivity contribution is 7.09. The number of likely N-dealkylation sites (N-methyl/N-ethyl adjacent to an activating group) is 1. The molecule has 0 amide bonds. The Kier molecular flexibility index (Phi) is 5.33. The molecule has 1 aromatic heterocycles. The molecule has 1 atom stereocenters. The Morgan fingerprint density at radius 1 is 1.53 bits per heavy atom. The van der Waals surface area contributed by atoms with Gasteiger partial charge in [0.1, 0.15) is 0 Å². The number of nitrogens with zero attached hydrogens (tertiary/aromatic N) is 1. The zero-order chi connectivity index (χ0) is 13.7. The highest BCUT2D eigenvalue weighted by Gasteiger charge is 2.40. The van der Waals surface area contributed by atoms with E-state index in [1.165, 1.54) is 5.01 Å². The Morgan fingerprint density at radius 3 is 2.79 bits per heavy atom. The Balaban J connectivity index is 2.12. The van der Waals surface area contributed by atoms with Crippen molar-refractivity contribution in [2.24, 2.45) is 0 Å². The third-order valence-electron chi connectivity index (χ3n) is 3.88. The zero-order valence-corrected chi connectivity index (χ0v) is 12.9. The first-order valence-electron chi connectivity index (χ1n) is 6.97. The monoisotopic (exact) mass is 284 g/mol. The van der Waals surface area contributed by atoms with Gasteiger partial charge in [-0.2, -0.15) is 0 Å². The Labute approximate surface area is 119 Å². The summed E-state index contributed by atoms with van der Waals surface area (Å²) in [7, 11) is 1.82. The minimum absolute atomic E-state index is 0.117. The van der Waals surface area contributed by atoms with Gasteiger partial charge >= 0.3 is 0 Å². The van der Waals surface area contributed by atoms with Gasteiger partial charge in [0.05, 0.1) is 10.6 Å². The third-order valence-corrected chi connectivity index (χ3v) is 4.87. The summed E-state index contributed by atoms with van der Waals surface area (Å²) in [5, 5.41) is 6.89. The van der Waals surface area contributed by atoms with Gasteiger partial charge in [-0.15, -0.1) is 11.3 Å². The summed E-state index contributed by atoms with van der Waals surface area (Å²) < 4.78 is 11.4. The Hall–Kier alpha value is -0.490. The quantitative estimate of drug-likeness (QED) is 0.869. The van der Waals surface area contributed by atoms with E-state index in [0.29, 0.717) is 6.04 Å². The molecule has 0 aliphatic carbocycles. The van der Waals surface area contributed by atoms with E-state index < -0.39 is 0 Å². The van der Waals surface area contributed by atoms with Crippen molar-refractivity contribution in [2.75, 3.05) is 26.9 Å². The third kappa shape index (κ3) is 3.54. The van der Waals surface area contributed by atoms with Gasteiger partial charge < -0.3 is 14.8 Å². The number of rotatable bonds is 6. The molecule has 1 saturated heterocycles. The summed E-state index contributed by atoms with van der Waals surface area (Å²) in [6, 6.07) is 0.303. The van der Waals surface area contributed by atoms with Crippen molar-refractivity contribution in [1.82, 2.24) is 10.3 Å². The van der Waals surface area contributed by atoms with Crippen LogP contribution in [0.15, 0.2) is 5.38 Å². The van der Waals surface area contributed by atoms with E-state index in [1.807, 2.05) is 14.0 Å². The second-order valence-electron chi connectivity index (χ2n) is 5.08. The number of nitrogens with one attached hydrogen (secondary N) is 1. The summed E-state index contributed by atoms with van der Waals surface area (Å²) in [4.78, 5) is 4.58. The molecule has 0 aromatic carbocycles. The van der Waals surface area contributed by atoms with Gasteiger partial charge in [-0.05, 0) is 13.5 Å². The first-order chi connectivity index (χ1) is 9.20. The zero-order valence-electron chi connectivity index (χ0n) is 12.1. The molecule has 4 nitrogen and oxygen atoms in total. The van der Waals surface area contributed by atoms with Crippen molar-refractivity contribution in [2.45, 2.75) is 44.8 Å². The van der Waals surface area contributed by atoms with Crippen molar-refractivity contribution >= 4 is 11.3 Å². The summed E-state index contributed by atoms with van der Waals surface area (Å²) in [6.07, 6.45) is 2.83. The minimum Gasteiger partial charge on any atom is -0.381 e. The average Bonchev–Trinajstić information content (AvgIpc) is 2.84. The topological polar surface area (TPSA) is 43.4 Å². The molecule has 108 valence electrons. The number of ether oxygens (including phenoxy) is 2. The van der Waals surface area contributed by atoms with E-state index in [4.69, 9.17) is 9.47 Å². The fourth-order valence-corrected chi connectivity index (χ4v) is 3.59. The van der Waals surface area contributed by atoms with Crippen LogP contribution < -0.4 is 5.32 Å². The van der Waals surface area contributed by atoms with Gasteiger partial charge in [-0.1, -0.05) is 6.92 Å². The van der Waals surface area contributed by atoms with Crippen molar-refractivity contribution in [3.8, 4) is 0 Å². The van der Waals surface area contributed by atoms with Crippen molar-refractivity contribution in [1.29, 1.82) is 0 Å². The summed E-state index contributed by atoms with van der Waals surface area (Å²) >= 11 is 1.74. The summed E-state index contributed by atoms with van der Waals surface area (Å²) in [6.45, 7) is 6.70. The molecular formula is C14H24N2O2S. The van der Waals surface area contributed by atoms with Crippen LogP contribution in [0.5, 0.6) is 0 Å². The normalized spacial score (nSPS) is 20.4. The van der Waals surface area contributed by atoms with Crippen LogP contribution in [0.25, 0.3) is 0 Å². The van der Waals surface area contributed by atoms with E-state index in [9.17, 15) is 0 Å². The Morgan fingerprint density at radius 2 is 2.26 bits per heavy atom. The maximum Gasteiger partial charge on any atom is 0.0944 e. The number of methoxy groups -OCH3 is 1. The van der Waals surface area contributed by atoms with Crippen LogP contribution in [0.2, 0.25) is 0 Å². The number of aromatic nitrogens is 1. The van der Waals surface area contributed by atoms with Gasteiger partial charge in [0.25, 0.3) is 0 Å². The molecular weight excluding hydrogens is 260 g/mol. The van der Waals surface area contributed by atoms with Gasteiger partial charge in [-0.3, -0.25) is 0 Å². The molecule has 0 spiro atoms. The maximum absolute atomic E-state index is 5.91. The average molecular weight is 284 g/mol. The van der Waals surface area contributed by atoms with Crippen LogP contribution in [0.4, 0.5) is 0 Å². The molecule has 1 N–H and O–H groups in total. The predicted octanol–water partition coefficient (Wildman–Crippen LogP) is 2.17. The lowest BCUT2D eigenvalue weighted by Crippen LogP contribution is -2.56. The SMILES string of the molecule is CCNC(Cc1nc(C)cs1)C1(OC)CCOCC1. The van der Waals surface area contributed by atoms with Gasteiger partial charge in [0.15, 0.2) is 0 Å². The molecule has 19 heavy (non-hydrogen) atoms. The molecule has 0 radical (unpaired) electrons. The van der Waals surface area contributed by atoms with Gasteiger partial charge in [-0.25, -0.2) is 4.98 Å². The molecule has 1 aliphatic heterocycles. The van der Waals surface area contributed by atoms with E-state index in [-0.39, 0.29) is 5.60 Å². The molecule has 0 saturated carbocycles. The standard InChI is InChI=1S/C14H24N2O2S/c1-4-15-12(9-13-16-11(2)10-19-13)14(17-3)5-7-18-8-6-14/h10,12,15H,4-9H2,1-3H3. The van der Waals surface area contributed by atoms with Crippen LogP contribution in [0.1, 0.15) is 30.5 Å². The molecule has 1 unspecified atom stereocenters. The second-order valence-corrected chi connectivity index (χ2v) is 6.02. The lowest BCUT2D eigenvalue weighted by atomic mass is 9.84. The Bertz CT molecular complexity index is 389. The molecule has 2 rings (SSSR count). The minimum atomic E-state index is -0.117. The van der Waals surface area contributed by atoms with Crippen LogP contribution in [0.3, 0.4) is 0 Å². The molecule has 0 bridgehead atoms. The number of hydrogen-bond donors (Lipinski definition) is 1. The number of aryl methyl sites for hydroxylation is 1. The van der Waals surface area contributed by atoms with Crippen molar-refractivity contribution in [3.63, 3.8) is 0 Å². The van der Waals surface area contributed by atoms with Crippen LogP contribution in [0, 0.1) is 6.92 Å². The first-order valence-corrected chi connectivity index (χ1v) is 7.85. The largest absolute Gasteiger partial charge is 0.381 e. The van der Waals surface area contributed by atoms with E-state index >= 15 is 0 Å². The van der Waals surface area contributed by atoms with Crippen molar-refractivity contribution < 1.29 is 9.47 Å². The molecule has 2 heterocycles. The lowest BCUT2D eigenvalue weighted by molar-refractivity contribution is -0.110. The number of hydrogen-bond acceptors (Lipinski definition) is 5. The molecule has 1 aliphatic rings. The smallest absolute Gasteiger partial charge is 0.0944 e. The first kappa shape index (κ1) is 14.9. The number of thiazole rings is 1. The second kappa shape index (κ2) is 6.79. The summed E-state index contributed by atoms with van der Waals surface area (Å²) in [5.74, 6) is 0. The maximum atomic E-state index is 5.91. The van der Waals surface area contributed by atoms with Crippen LogP contribution >= 0.6 is 11.3 Å². The molecule has 1 fully saturated rings.